The van der Waals surface area contributed by atoms with Crippen LogP contribution in [0.2, 0.25) is 0 Å². The quantitative estimate of drug-likeness (QED) is 0.351. The van der Waals surface area contributed by atoms with Gasteiger partial charge in [-0.3, -0.25) is 14.5 Å². The predicted molar refractivity (Wildman–Crippen MR) is 130 cm³/mol. The van der Waals surface area contributed by atoms with Crippen molar-refractivity contribution in [2.75, 3.05) is 46.0 Å². The van der Waals surface area contributed by atoms with E-state index in [0.717, 1.165) is 25.1 Å². The Morgan fingerprint density at radius 2 is 1.89 bits per heavy atom. The topological polar surface area (TPSA) is 79.3 Å². The number of aryl methyl sites for hydroxylation is 1. The smallest absolute Gasteiger partial charge is 0.295 e. The number of halogens is 1. The number of amides is 1. The third-order valence-corrected chi connectivity index (χ3v) is 6.41. The Morgan fingerprint density at radius 1 is 1.14 bits per heavy atom. The number of carbonyl (C=O) groups excluding carboxylic acids is 2. The second-order valence-electron chi connectivity index (χ2n) is 8.80. The van der Waals surface area contributed by atoms with E-state index in [4.69, 9.17) is 9.47 Å². The molecule has 0 aliphatic carbocycles. The number of hydrogen-bond acceptors (Lipinski definition) is 6. The number of ether oxygens (including phenoxy) is 2. The van der Waals surface area contributed by atoms with Crippen molar-refractivity contribution >= 4 is 17.4 Å². The maximum Gasteiger partial charge on any atom is 0.295 e. The molecule has 1 atom stereocenters. The largest absolute Gasteiger partial charge is 0.507 e. The SMILES string of the molecule is CCCOc1ccc(/C(O)=C2/C(=O)C(=O)N(CCN3CCOCC3)C2c2ccccc2F)cc1C. The van der Waals surface area contributed by atoms with E-state index in [0.29, 0.717) is 37.7 Å². The van der Waals surface area contributed by atoms with Crippen molar-refractivity contribution in [3.8, 4) is 5.75 Å². The summed E-state index contributed by atoms with van der Waals surface area (Å²) in [7, 11) is 0. The average molecular weight is 483 g/mol. The molecule has 0 spiro atoms. The van der Waals surface area contributed by atoms with Crippen LogP contribution in [0.25, 0.3) is 5.76 Å². The van der Waals surface area contributed by atoms with Gasteiger partial charge in [0.05, 0.1) is 31.4 Å². The van der Waals surface area contributed by atoms with Gasteiger partial charge in [-0.05, 0) is 43.2 Å². The Morgan fingerprint density at radius 3 is 2.57 bits per heavy atom. The molecule has 35 heavy (non-hydrogen) atoms. The molecule has 186 valence electrons. The number of carbonyl (C=O) groups is 2. The molecule has 2 aliphatic heterocycles. The zero-order valence-corrected chi connectivity index (χ0v) is 20.1. The Balaban J connectivity index is 1.73. The van der Waals surface area contributed by atoms with Crippen LogP contribution in [0, 0.1) is 12.7 Å². The molecular formula is C27H31FN2O5. The molecule has 2 aromatic carbocycles. The van der Waals surface area contributed by atoms with E-state index in [9.17, 15) is 19.1 Å². The van der Waals surface area contributed by atoms with Gasteiger partial charge in [0, 0.05) is 37.3 Å². The van der Waals surface area contributed by atoms with Gasteiger partial charge in [-0.1, -0.05) is 25.1 Å². The lowest BCUT2D eigenvalue weighted by Crippen LogP contribution is -2.42. The first-order valence-electron chi connectivity index (χ1n) is 12.0. The summed E-state index contributed by atoms with van der Waals surface area (Å²) < 4.78 is 26.0. The van der Waals surface area contributed by atoms with Crippen molar-refractivity contribution in [3.63, 3.8) is 0 Å². The maximum absolute atomic E-state index is 14.9. The molecule has 0 radical (unpaired) electrons. The Labute approximate surface area is 204 Å². The summed E-state index contributed by atoms with van der Waals surface area (Å²) in [5, 5.41) is 11.2. The van der Waals surface area contributed by atoms with E-state index in [1.165, 1.54) is 11.0 Å². The monoisotopic (exact) mass is 482 g/mol. The van der Waals surface area contributed by atoms with Crippen LogP contribution in [0.1, 0.15) is 36.1 Å². The standard InChI is InChI=1S/C27H31FN2O5/c1-3-14-35-22-9-8-19(17-18(22)2)25(31)23-24(20-6-4-5-7-21(20)28)30(27(33)26(23)32)11-10-29-12-15-34-16-13-29/h4-9,17,24,31H,3,10-16H2,1-2H3/b25-23-. The molecule has 4 rings (SSSR count). The summed E-state index contributed by atoms with van der Waals surface area (Å²) in [6.07, 6.45) is 0.859. The lowest BCUT2D eigenvalue weighted by atomic mass is 9.94. The first kappa shape index (κ1) is 24.9. The van der Waals surface area contributed by atoms with Gasteiger partial charge >= 0.3 is 0 Å². The minimum absolute atomic E-state index is 0.108. The molecule has 0 bridgehead atoms. The van der Waals surface area contributed by atoms with Gasteiger partial charge in [-0.2, -0.15) is 0 Å². The molecular weight excluding hydrogens is 451 g/mol. The van der Waals surface area contributed by atoms with Crippen LogP contribution in [0.3, 0.4) is 0 Å². The zero-order chi connectivity index (χ0) is 24.9. The number of aliphatic hydroxyl groups excluding tert-OH is 1. The van der Waals surface area contributed by atoms with Gasteiger partial charge in [0.15, 0.2) is 0 Å². The fraction of sp³-hybridized carbons (Fsp3) is 0.407. The van der Waals surface area contributed by atoms with Crippen molar-refractivity contribution in [2.24, 2.45) is 0 Å². The Bertz CT molecular complexity index is 1130. The predicted octanol–water partition coefficient (Wildman–Crippen LogP) is 3.68. The summed E-state index contributed by atoms with van der Waals surface area (Å²) >= 11 is 0. The summed E-state index contributed by atoms with van der Waals surface area (Å²) in [5.41, 5.74) is 1.23. The molecule has 7 nitrogen and oxygen atoms in total. The molecule has 2 aliphatic rings. The third kappa shape index (κ3) is 5.23. The highest BCUT2D eigenvalue weighted by Gasteiger charge is 2.46. The highest BCUT2D eigenvalue weighted by molar-refractivity contribution is 6.46. The van der Waals surface area contributed by atoms with Gasteiger partial charge in [-0.15, -0.1) is 0 Å². The van der Waals surface area contributed by atoms with Gasteiger partial charge in [0.2, 0.25) is 0 Å². The molecule has 0 saturated carbocycles. The fourth-order valence-corrected chi connectivity index (χ4v) is 4.53. The maximum atomic E-state index is 14.9. The number of nitrogens with zero attached hydrogens (tertiary/aromatic N) is 2. The van der Waals surface area contributed by atoms with E-state index in [1.54, 1.807) is 36.4 Å². The molecule has 8 heteroatoms. The number of rotatable bonds is 8. The van der Waals surface area contributed by atoms with Crippen LogP contribution in [-0.4, -0.2) is 72.6 Å². The first-order valence-corrected chi connectivity index (χ1v) is 12.0. The van der Waals surface area contributed by atoms with Crippen molar-refractivity contribution in [1.82, 2.24) is 9.80 Å². The van der Waals surface area contributed by atoms with Gasteiger partial charge in [0.1, 0.15) is 17.3 Å². The number of ketones is 1. The van der Waals surface area contributed by atoms with Gasteiger partial charge in [-0.25, -0.2) is 4.39 Å². The number of morpholine rings is 1. The zero-order valence-electron chi connectivity index (χ0n) is 20.1. The second kappa shape index (κ2) is 11.0. The van der Waals surface area contributed by atoms with Crippen LogP contribution in [0.15, 0.2) is 48.0 Å². The third-order valence-electron chi connectivity index (χ3n) is 6.41. The summed E-state index contributed by atoms with van der Waals surface area (Å²) in [6.45, 7) is 7.81. The van der Waals surface area contributed by atoms with Crippen LogP contribution >= 0.6 is 0 Å². The highest BCUT2D eigenvalue weighted by atomic mass is 19.1. The fourth-order valence-electron chi connectivity index (χ4n) is 4.53. The molecule has 1 unspecified atom stereocenters. The van der Waals surface area contributed by atoms with Crippen molar-refractivity contribution < 1.29 is 28.6 Å². The van der Waals surface area contributed by atoms with Crippen molar-refractivity contribution in [2.45, 2.75) is 26.3 Å². The summed E-state index contributed by atoms with van der Waals surface area (Å²) in [5.74, 6) is -1.74. The normalized spacial score (nSPS) is 20.4. The number of Topliss-reactive ketones (excluding diaryl/α,β-unsaturated/α-hetero) is 1. The van der Waals surface area contributed by atoms with Crippen LogP contribution in [0.5, 0.6) is 5.75 Å². The summed E-state index contributed by atoms with van der Waals surface area (Å²) in [6, 6.07) is 10.1. The van der Waals surface area contributed by atoms with E-state index < -0.39 is 23.5 Å². The highest BCUT2D eigenvalue weighted by Crippen LogP contribution is 2.40. The molecule has 2 heterocycles. The van der Waals surface area contributed by atoms with Crippen LogP contribution in [-0.2, 0) is 14.3 Å². The van der Waals surface area contributed by atoms with E-state index in [2.05, 4.69) is 4.90 Å². The van der Waals surface area contributed by atoms with Gasteiger partial charge < -0.3 is 19.5 Å². The minimum Gasteiger partial charge on any atom is -0.507 e. The lowest BCUT2D eigenvalue weighted by molar-refractivity contribution is -0.140. The van der Waals surface area contributed by atoms with Crippen LogP contribution < -0.4 is 4.74 Å². The molecule has 0 aromatic heterocycles. The number of likely N-dealkylation sites (tertiary alicyclic amines) is 1. The van der Waals surface area contributed by atoms with Crippen molar-refractivity contribution in [1.29, 1.82) is 0 Å². The molecule has 2 fully saturated rings. The Hall–Kier alpha value is -3.23. The average Bonchev–Trinajstić information content (AvgIpc) is 3.12. The van der Waals surface area contributed by atoms with E-state index in [1.807, 2.05) is 13.8 Å². The minimum atomic E-state index is -1.02. The van der Waals surface area contributed by atoms with Gasteiger partial charge in [0.25, 0.3) is 11.7 Å². The Kier molecular flexibility index (Phi) is 7.83. The van der Waals surface area contributed by atoms with Crippen molar-refractivity contribution in [3.05, 3.63) is 70.5 Å². The molecule has 2 aromatic rings. The van der Waals surface area contributed by atoms with E-state index >= 15 is 0 Å². The number of benzene rings is 2. The number of aliphatic hydroxyl groups is 1. The lowest BCUT2D eigenvalue weighted by Gasteiger charge is -2.31. The number of hydrogen-bond donors (Lipinski definition) is 1. The summed E-state index contributed by atoms with van der Waals surface area (Å²) in [4.78, 5) is 29.8. The molecule has 1 N–H and O–H groups in total. The second-order valence-corrected chi connectivity index (χ2v) is 8.80. The molecule has 1 amide bonds. The van der Waals surface area contributed by atoms with Crippen LogP contribution in [0.4, 0.5) is 4.39 Å². The molecule has 2 saturated heterocycles. The first-order chi connectivity index (χ1) is 16.9. The van der Waals surface area contributed by atoms with E-state index in [-0.39, 0.29) is 23.4 Å².